The maximum absolute atomic E-state index is 4.43. The van der Waals surface area contributed by atoms with E-state index in [1.807, 2.05) is 12.3 Å². The predicted molar refractivity (Wildman–Crippen MR) is 74.2 cm³/mol. The van der Waals surface area contributed by atoms with Crippen molar-refractivity contribution in [1.82, 2.24) is 9.88 Å². The number of pyridine rings is 1. The van der Waals surface area contributed by atoms with Crippen LogP contribution in [0.3, 0.4) is 0 Å². The Morgan fingerprint density at radius 3 is 2.59 bits per heavy atom. The van der Waals surface area contributed by atoms with Gasteiger partial charge in [-0.15, -0.1) is 0 Å². The topological polar surface area (TPSA) is 28.2 Å². The fraction of sp³-hybridized carbons (Fsp3) is 0.643. The largest absolute Gasteiger partial charge is 0.385 e. The van der Waals surface area contributed by atoms with Crippen molar-refractivity contribution in [2.24, 2.45) is 0 Å². The van der Waals surface area contributed by atoms with Crippen LogP contribution >= 0.6 is 0 Å². The standard InChI is InChI=1S/C14H25N3/c1-5-14(6-2)17(4)11-13-10-12(15-7-3)8-9-16-13/h8-10,14H,5-7,11H2,1-4H3,(H,15,16). The van der Waals surface area contributed by atoms with E-state index in [-0.39, 0.29) is 0 Å². The van der Waals surface area contributed by atoms with Gasteiger partial charge in [0, 0.05) is 31.0 Å². The van der Waals surface area contributed by atoms with E-state index in [2.05, 4.69) is 49.1 Å². The summed E-state index contributed by atoms with van der Waals surface area (Å²) in [5, 5.41) is 3.32. The number of nitrogens with zero attached hydrogens (tertiary/aromatic N) is 2. The van der Waals surface area contributed by atoms with E-state index < -0.39 is 0 Å². The van der Waals surface area contributed by atoms with Crippen molar-refractivity contribution in [2.75, 3.05) is 18.9 Å². The molecule has 0 saturated heterocycles. The summed E-state index contributed by atoms with van der Waals surface area (Å²) in [5.41, 5.74) is 2.30. The average Bonchev–Trinajstić information content (AvgIpc) is 2.31. The van der Waals surface area contributed by atoms with Crippen molar-refractivity contribution < 1.29 is 0 Å². The van der Waals surface area contributed by atoms with Crippen LogP contribution in [0.2, 0.25) is 0 Å². The number of hydrogen-bond acceptors (Lipinski definition) is 3. The summed E-state index contributed by atoms with van der Waals surface area (Å²) >= 11 is 0. The third-order valence-electron chi connectivity index (χ3n) is 3.17. The van der Waals surface area contributed by atoms with Crippen molar-refractivity contribution >= 4 is 5.69 Å². The van der Waals surface area contributed by atoms with Crippen molar-refractivity contribution in [3.05, 3.63) is 24.0 Å². The van der Waals surface area contributed by atoms with Gasteiger partial charge in [0.15, 0.2) is 0 Å². The van der Waals surface area contributed by atoms with E-state index in [9.17, 15) is 0 Å². The van der Waals surface area contributed by atoms with Gasteiger partial charge in [-0.25, -0.2) is 0 Å². The van der Waals surface area contributed by atoms with Crippen molar-refractivity contribution in [3.8, 4) is 0 Å². The molecule has 3 heteroatoms. The second kappa shape index (κ2) is 7.28. The van der Waals surface area contributed by atoms with Gasteiger partial charge >= 0.3 is 0 Å². The van der Waals surface area contributed by atoms with E-state index in [1.165, 1.54) is 12.8 Å². The van der Waals surface area contributed by atoms with Crippen LogP contribution in [0.25, 0.3) is 0 Å². The van der Waals surface area contributed by atoms with Crippen LogP contribution < -0.4 is 5.32 Å². The molecule has 0 aromatic carbocycles. The highest BCUT2D eigenvalue weighted by molar-refractivity contribution is 5.42. The zero-order valence-electron chi connectivity index (χ0n) is 11.5. The van der Waals surface area contributed by atoms with Crippen LogP contribution in [0, 0.1) is 0 Å². The first-order valence-electron chi connectivity index (χ1n) is 6.60. The highest BCUT2D eigenvalue weighted by atomic mass is 15.1. The summed E-state index contributed by atoms with van der Waals surface area (Å²) < 4.78 is 0. The molecule has 0 radical (unpaired) electrons. The molecule has 1 N–H and O–H groups in total. The van der Waals surface area contributed by atoms with Crippen LogP contribution in [0.1, 0.15) is 39.3 Å². The lowest BCUT2D eigenvalue weighted by atomic mass is 10.1. The number of nitrogens with one attached hydrogen (secondary N) is 1. The van der Waals surface area contributed by atoms with Crippen LogP contribution in [0.4, 0.5) is 5.69 Å². The van der Waals surface area contributed by atoms with Gasteiger partial charge in [0.1, 0.15) is 0 Å². The molecule has 0 bridgehead atoms. The minimum atomic E-state index is 0.652. The Morgan fingerprint density at radius 1 is 1.29 bits per heavy atom. The third-order valence-corrected chi connectivity index (χ3v) is 3.17. The molecule has 0 unspecified atom stereocenters. The normalized spacial score (nSPS) is 11.2. The molecule has 1 aromatic rings. The summed E-state index contributed by atoms with van der Waals surface area (Å²) in [4.78, 5) is 6.82. The maximum atomic E-state index is 4.43. The summed E-state index contributed by atoms with van der Waals surface area (Å²) in [5.74, 6) is 0. The zero-order chi connectivity index (χ0) is 12.7. The number of rotatable bonds is 7. The molecule has 17 heavy (non-hydrogen) atoms. The molecule has 1 rings (SSSR count). The van der Waals surface area contributed by atoms with E-state index in [0.717, 1.165) is 24.5 Å². The summed E-state index contributed by atoms with van der Waals surface area (Å²) in [6, 6.07) is 4.81. The molecule has 0 atom stereocenters. The molecular weight excluding hydrogens is 210 g/mol. The predicted octanol–water partition coefficient (Wildman–Crippen LogP) is 3.13. The van der Waals surface area contributed by atoms with Crippen LogP contribution in [0.15, 0.2) is 18.3 Å². The first-order valence-corrected chi connectivity index (χ1v) is 6.60. The smallest absolute Gasteiger partial charge is 0.0564 e. The lowest BCUT2D eigenvalue weighted by molar-refractivity contribution is 0.219. The molecule has 0 aliphatic heterocycles. The molecular formula is C14H25N3. The summed E-state index contributed by atoms with van der Waals surface area (Å²) in [7, 11) is 2.18. The Labute approximate surface area is 105 Å². The van der Waals surface area contributed by atoms with Gasteiger partial charge in [-0.05, 0) is 38.9 Å². The summed E-state index contributed by atoms with van der Waals surface area (Å²) in [6.07, 6.45) is 4.27. The van der Waals surface area contributed by atoms with Gasteiger partial charge in [-0.2, -0.15) is 0 Å². The Kier molecular flexibility index (Phi) is 5.98. The molecule has 3 nitrogen and oxygen atoms in total. The molecule has 0 aliphatic rings. The Hall–Kier alpha value is -1.09. The van der Waals surface area contributed by atoms with Crippen molar-refractivity contribution in [2.45, 2.75) is 46.2 Å². The average molecular weight is 235 g/mol. The minimum Gasteiger partial charge on any atom is -0.385 e. The van der Waals surface area contributed by atoms with E-state index in [4.69, 9.17) is 0 Å². The third kappa shape index (κ3) is 4.35. The molecule has 0 aliphatic carbocycles. The lowest BCUT2D eigenvalue weighted by Crippen LogP contribution is -2.30. The Bertz CT molecular complexity index is 321. The molecule has 1 aromatic heterocycles. The van der Waals surface area contributed by atoms with Crippen LogP contribution in [-0.4, -0.2) is 29.5 Å². The molecule has 0 saturated carbocycles. The molecule has 1 heterocycles. The highest BCUT2D eigenvalue weighted by Crippen LogP contribution is 2.13. The number of hydrogen-bond donors (Lipinski definition) is 1. The van der Waals surface area contributed by atoms with E-state index in [0.29, 0.717) is 6.04 Å². The second-order valence-corrected chi connectivity index (χ2v) is 4.45. The van der Waals surface area contributed by atoms with Crippen molar-refractivity contribution in [1.29, 1.82) is 0 Å². The first kappa shape index (κ1) is 14.0. The highest BCUT2D eigenvalue weighted by Gasteiger charge is 2.11. The number of aromatic nitrogens is 1. The zero-order valence-corrected chi connectivity index (χ0v) is 11.5. The summed E-state index contributed by atoms with van der Waals surface area (Å²) in [6.45, 7) is 8.47. The van der Waals surface area contributed by atoms with Gasteiger partial charge in [0.05, 0.1) is 5.69 Å². The second-order valence-electron chi connectivity index (χ2n) is 4.45. The minimum absolute atomic E-state index is 0.652. The Balaban J connectivity index is 2.63. The van der Waals surface area contributed by atoms with Gasteiger partial charge < -0.3 is 5.32 Å². The van der Waals surface area contributed by atoms with Gasteiger partial charge in [-0.3, -0.25) is 9.88 Å². The maximum Gasteiger partial charge on any atom is 0.0564 e. The monoisotopic (exact) mass is 235 g/mol. The SMILES string of the molecule is CCNc1ccnc(CN(C)C(CC)CC)c1. The molecule has 0 amide bonds. The fourth-order valence-electron chi connectivity index (χ4n) is 2.18. The molecule has 0 fully saturated rings. The quantitative estimate of drug-likeness (QED) is 0.787. The lowest BCUT2D eigenvalue weighted by Gasteiger charge is -2.25. The Morgan fingerprint density at radius 2 is 2.00 bits per heavy atom. The van der Waals surface area contributed by atoms with E-state index >= 15 is 0 Å². The van der Waals surface area contributed by atoms with Crippen molar-refractivity contribution in [3.63, 3.8) is 0 Å². The van der Waals surface area contributed by atoms with Gasteiger partial charge in [0.25, 0.3) is 0 Å². The van der Waals surface area contributed by atoms with Crippen LogP contribution in [0.5, 0.6) is 0 Å². The van der Waals surface area contributed by atoms with E-state index in [1.54, 1.807) is 0 Å². The van der Waals surface area contributed by atoms with Gasteiger partial charge in [0.2, 0.25) is 0 Å². The van der Waals surface area contributed by atoms with Gasteiger partial charge in [-0.1, -0.05) is 13.8 Å². The molecule has 0 spiro atoms. The molecule has 96 valence electrons. The first-order chi connectivity index (χ1) is 8.21. The fourth-order valence-corrected chi connectivity index (χ4v) is 2.18. The van der Waals surface area contributed by atoms with Crippen LogP contribution in [-0.2, 0) is 6.54 Å². The number of anilines is 1.